The number of ether oxygens (including phenoxy) is 4. The average Bonchev–Trinajstić information content (AvgIpc) is 3.12. The molecule has 0 aliphatic carbocycles. The van der Waals surface area contributed by atoms with Crippen LogP contribution < -0.4 is 29.6 Å². The van der Waals surface area contributed by atoms with Crippen molar-refractivity contribution in [3.05, 3.63) is 47.0 Å². The van der Waals surface area contributed by atoms with Gasteiger partial charge in [0, 0.05) is 43.2 Å². The highest BCUT2D eigenvalue weighted by molar-refractivity contribution is 5.79. The Morgan fingerprint density at radius 2 is 1.87 bits per heavy atom. The van der Waals surface area contributed by atoms with E-state index in [2.05, 4.69) is 34.7 Å². The van der Waals surface area contributed by atoms with E-state index in [0.717, 1.165) is 29.0 Å². The maximum atomic E-state index is 5.91. The van der Waals surface area contributed by atoms with Gasteiger partial charge in [-0.1, -0.05) is 12.1 Å². The van der Waals surface area contributed by atoms with Crippen LogP contribution in [0.3, 0.4) is 0 Å². The first-order valence-corrected chi connectivity index (χ1v) is 10.2. The van der Waals surface area contributed by atoms with Gasteiger partial charge in [-0.3, -0.25) is 4.99 Å². The lowest BCUT2D eigenvalue weighted by Gasteiger charge is -2.17. The number of nitrogens with one attached hydrogen (secondary N) is 2. The number of aliphatic imine (C=N–C) groups is 1. The SMILES string of the molecule is CCOc1cc2c(cc1CNC(=NC)NCc1cccc(OC)c1OC)OC(C)C2. The van der Waals surface area contributed by atoms with Crippen LogP contribution in [0.2, 0.25) is 0 Å². The van der Waals surface area contributed by atoms with Crippen molar-refractivity contribution >= 4 is 5.96 Å². The lowest BCUT2D eigenvalue weighted by atomic mass is 10.1. The summed E-state index contributed by atoms with van der Waals surface area (Å²) < 4.78 is 22.6. The second kappa shape index (κ2) is 10.1. The molecule has 1 aliphatic heterocycles. The Balaban J connectivity index is 1.67. The van der Waals surface area contributed by atoms with Crippen molar-refractivity contribution in [2.24, 2.45) is 4.99 Å². The van der Waals surface area contributed by atoms with Crippen LogP contribution in [0.5, 0.6) is 23.0 Å². The fourth-order valence-corrected chi connectivity index (χ4v) is 3.58. The highest BCUT2D eigenvalue weighted by Gasteiger charge is 2.22. The second-order valence-corrected chi connectivity index (χ2v) is 7.07. The molecule has 7 nitrogen and oxygen atoms in total. The largest absolute Gasteiger partial charge is 0.494 e. The molecule has 1 aliphatic rings. The van der Waals surface area contributed by atoms with Gasteiger partial charge in [0.2, 0.25) is 0 Å². The van der Waals surface area contributed by atoms with Gasteiger partial charge in [0.1, 0.15) is 17.6 Å². The summed E-state index contributed by atoms with van der Waals surface area (Å²) in [5.74, 6) is 3.91. The van der Waals surface area contributed by atoms with E-state index in [0.29, 0.717) is 37.2 Å². The minimum absolute atomic E-state index is 0.199. The Bertz CT molecular complexity index is 898. The molecule has 2 aromatic carbocycles. The summed E-state index contributed by atoms with van der Waals surface area (Å²) in [6.45, 7) is 5.80. The average molecular weight is 414 g/mol. The number of guanidine groups is 1. The number of benzene rings is 2. The molecule has 1 atom stereocenters. The molecule has 0 saturated carbocycles. The molecule has 0 amide bonds. The van der Waals surface area contributed by atoms with Crippen LogP contribution in [0, 0.1) is 0 Å². The third kappa shape index (κ3) is 4.90. The van der Waals surface area contributed by atoms with Gasteiger partial charge in [0.05, 0.1) is 20.8 Å². The molecule has 30 heavy (non-hydrogen) atoms. The van der Waals surface area contributed by atoms with Crippen molar-refractivity contribution in [3.8, 4) is 23.0 Å². The van der Waals surface area contributed by atoms with Crippen molar-refractivity contribution in [1.82, 2.24) is 10.6 Å². The highest BCUT2D eigenvalue weighted by Crippen LogP contribution is 2.35. The molecule has 2 aromatic rings. The Morgan fingerprint density at radius 3 is 2.53 bits per heavy atom. The number of methoxy groups -OCH3 is 2. The Kier molecular flexibility index (Phi) is 7.27. The van der Waals surface area contributed by atoms with Crippen molar-refractivity contribution in [2.45, 2.75) is 39.5 Å². The highest BCUT2D eigenvalue weighted by atomic mass is 16.5. The predicted molar refractivity (Wildman–Crippen MR) is 118 cm³/mol. The van der Waals surface area contributed by atoms with Crippen LogP contribution in [0.1, 0.15) is 30.5 Å². The van der Waals surface area contributed by atoms with E-state index < -0.39 is 0 Å². The summed E-state index contributed by atoms with van der Waals surface area (Å²) in [5, 5.41) is 6.68. The number of para-hydroxylation sites is 1. The van der Waals surface area contributed by atoms with Gasteiger partial charge >= 0.3 is 0 Å². The van der Waals surface area contributed by atoms with E-state index in [1.807, 2.05) is 25.1 Å². The number of rotatable bonds is 8. The standard InChI is InChI=1S/C23H31N3O4/c1-6-29-20-11-17-10-15(2)30-21(17)12-18(20)14-26-23(24-3)25-13-16-8-7-9-19(27-4)22(16)28-5/h7-9,11-12,15H,6,10,13-14H2,1-5H3,(H2,24,25,26). The Morgan fingerprint density at radius 1 is 1.10 bits per heavy atom. The molecule has 0 spiro atoms. The van der Waals surface area contributed by atoms with E-state index in [1.165, 1.54) is 5.56 Å². The molecule has 162 valence electrons. The fourth-order valence-electron chi connectivity index (χ4n) is 3.58. The molecule has 0 bridgehead atoms. The molecule has 0 radical (unpaired) electrons. The monoisotopic (exact) mass is 413 g/mol. The van der Waals surface area contributed by atoms with E-state index >= 15 is 0 Å². The van der Waals surface area contributed by atoms with Gasteiger partial charge < -0.3 is 29.6 Å². The predicted octanol–water partition coefficient (Wildman–Crippen LogP) is 3.29. The second-order valence-electron chi connectivity index (χ2n) is 7.07. The van der Waals surface area contributed by atoms with Gasteiger partial charge in [-0.2, -0.15) is 0 Å². The quantitative estimate of drug-likeness (QED) is 0.511. The fraction of sp³-hybridized carbons (Fsp3) is 0.435. The normalized spacial score (nSPS) is 15.2. The lowest BCUT2D eigenvalue weighted by molar-refractivity contribution is 0.254. The van der Waals surface area contributed by atoms with Crippen molar-refractivity contribution in [3.63, 3.8) is 0 Å². The van der Waals surface area contributed by atoms with Crippen LogP contribution in [0.25, 0.3) is 0 Å². The van der Waals surface area contributed by atoms with Gasteiger partial charge in [0.25, 0.3) is 0 Å². The van der Waals surface area contributed by atoms with Crippen LogP contribution >= 0.6 is 0 Å². The van der Waals surface area contributed by atoms with Gasteiger partial charge in [0.15, 0.2) is 17.5 Å². The summed E-state index contributed by atoms with van der Waals surface area (Å²) in [6.07, 6.45) is 1.11. The molecular formula is C23H31N3O4. The summed E-state index contributed by atoms with van der Waals surface area (Å²) in [4.78, 5) is 4.33. The summed E-state index contributed by atoms with van der Waals surface area (Å²) in [6, 6.07) is 9.97. The number of fused-ring (bicyclic) bond motifs is 1. The molecule has 1 unspecified atom stereocenters. The molecule has 0 fully saturated rings. The Hall–Kier alpha value is -3.09. The minimum atomic E-state index is 0.199. The summed E-state index contributed by atoms with van der Waals surface area (Å²) in [7, 11) is 5.02. The first-order chi connectivity index (χ1) is 14.6. The van der Waals surface area contributed by atoms with Crippen LogP contribution in [0.4, 0.5) is 0 Å². The van der Waals surface area contributed by atoms with Crippen LogP contribution in [0.15, 0.2) is 35.3 Å². The van der Waals surface area contributed by atoms with E-state index in [9.17, 15) is 0 Å². The van der Waals surface area contributed by atoms with Gasteiger partial charge in [-0.15, -0.1) is 0 Å². The van der Waals surface area contributed by atoms with E-state index in [-0.39, 0.29) is 6.10 Å². The van der Waals surface area contributed by atoms with Crippen molar-refractivity contribution in [1.29, 1.82) is 0 Å². The molecule has 0 aromatic heterocycles. The van der Waals surface area contributed by atoms with Crippen molar-refractivity contribution in [2.75, 3.05) is 27.9 Å². The first kappa shape index (κ1) is 21.6. The number of nitrogens with zero attached hydrogens (tertiary/aromatic N) is 1. The molecule has 7 heteroatoms. The van der Waals surface area contributed by atoms with Crippen molar-refractivity contribution < 1.29 is 18.9 Å². The zero-order chi connectivity index (χ0) is 21.5. The Labute approximate surface area is 178 Å². The summed E-state index contributed by atoms with van der Waals surface area (Å²) in [5.41, 5.74) is 3.21. The third-order valence-electron chi connectivity index (χ3n) is 4.98. The minimum Gasteiger partial charge on any atom is -0.494 e. The van der Waals surface area contributed by atoms with Gasteiger partial charge in [-0.05, 0) is 32.0 Å². The molecular weight excluding hydrogens is 382 g/mol. The van der Waals surface area contributed by atoms with Gasteiger partial charge in [-0.25, -0.2) is 0 Å². The van der Waals surface area contributed by atoms with Crippen LogP contribution in [-0.2, 0) is 19.5 Å². The van der Waals surface area contributed by atoms with E-state index in [1.54, 1.807) is 21.3 Å². The first-order valence-electron chi connectivity index (χ1n) is 10.2. The number of hydrogen-bond acceptors (Lipinski definition) is 5. The third-order valence-corrected chi connectivity index (χ3v) is 4.98. The smallest absolute Gasteiger partial charge is 0.191 e. The van der Waals surface area contributed by atoms with E-state index in [4.69, 9.17) is 18.9 Å². The lowest BCUT2D eigenvalue weighted by Crippen LogP contribution is -2.36. The maximum Gasteiger partial charge on any atom is 0.191 e. The maximum absolute atomic E-state index is 5.91. The molecule has 1 heterocycles. The zero-order valence-corrected chi connectivity index (χ0v) is 18.4. The zero-order valence-electron chi connectivity index (χ0n) is 18.4. The molecule has 0 saturated heterocycles. The summed E-state index contributed by atoms with van der Waals surface area (Å²) >= 11 is 0. The molecule has 3 rings (SSSR count). The number of hydrogen-bond donors (Lipinski definition) is 2. The molecule has 2 N–H and O–H groups in total. The van der Waals surface area contributed by atoms with Crippen LogP contribution in [-0.4, -0.2) is 39.9 Å². The topological polar surface area (TPSA) is 73.3 Å².